The van der Waals surface area contributed by atoms with Crippen LogP contribution >= 0.6 is 0 Å². The Labute approximate surface area is 206 Å². The second kappa shape index (κ2) is 12.5. The molecule has 0 saturated heterocycles. The molecular weight excluding hydrogens is 444 g/mol. The number of carbonyl (C=O) groups excluding carboxylic acids is 2. The van der Waals surface area contributed by atoms with Crippen LogP contribution in [0.4, 0.5) is 5.69 Å². The molecule has 1 aromatic heterocycles. The Morgan fingerprint density at radius 1 is 1.00 bits per heavy atom. The van der Waals surface area contributed by atoms with Crippen LogP contribution in [-0.2, 0) is 25.6 Å². The van der Waals surface area contributed by atoms with Crippen LogP contribution in [0.25, 0.3) is 17.2 Å². The third kappa shape index (κ3) is 7.01. The summed E-state index contributed by atoms with van der Waals surface area (Å²) in [5.41, 5.74) is 4.48. The molecule has 35 heavy (non-hydrogen) atoms. The molecule has 182 valence electrons. The smallest absolute Gasteiger partial charge is 0.330 e. The molecule has 0 saturated carbocycles. The molecule has 0 radical (unpaired) electrons. The van der Waals surface area contributed by atoms with Gasteiger partial charge in [0.25, 0.3) is 0 Å². The summed E-state index contributed by atoms with van der Waals surface area (Å²) in [6, 6.07) is 19.3. The molecule has 0 bridgehead atoms. The summed E-state index contributed by atoms with van der Waals surface area (Å²) in [6.07, 6.45) is 4.78. The number of amides is 1. The number of nitrogens with zero attached hydrogens (tertiary/aromatic N) is 2. The summed E-state index contributed by atoms with van der Waals surface area (Å²) in [7, 11) is 4.50. The van der Waals surface area contributed by atoms with Crippen LogP contribution in [0.2, 0.25) is 0 Å². The fourth-order valence-corrected chi connectivity index (χ4v) is 3.57. The fraction of sp³-hybridized carbons (Fsp3) is 0.250. The third-order valence-electron chi connectivity index (χ3n) is 5.47. The zero-order valence-electron chi connectivity index (χ0n) is 20.4. The maximum absolute atomic E-state index is 13.3. The molecule has 7 heteroatoms. The van der Waals surface area contributed by atoms with E-state index in [4.69, 9.17) is 9.47 Å². The van der Waals surface area contributed by atoms with E-state index in [1.54, 1.807) is 31.4 Å². The highest BCUT2D eigenvalue weighted by atomic mass is 16.5. The minimum absolute atomic E-state index is 0.0515. The lowest BCUT2D eigenvalue weighted by atomic mass is 10.0. The number of rotatable bonds is 10. The van der Waals surface area contributed by atoms with Gasteiger partial charge in [0, 0.05) is 36.7 Å². The predicted molar refractivity (Wildman–Crippen MR) is 136 cm³/mol. The minimum atomic E-state index is -0.441. The fourth-order valence-electron chi connectivity index (χ4n) is 3.57. The number of benzene rings is 2. The number of esters is 1. The Balaban J connectivity index is 1.87. The summed E-state index contributed by atoms with van der Waals surface area (Å²) in [4.78, 5) is 30.8. The largest absolute Gasteiger partial charge is 0.481 e. The molecule has 1 unspecified atom stereocenters. The lowest BCUT2D eigenvalue weighted by molar-refractivity contribution is -0.134. The number of methoxy groups -OCH3 is 3. The molecule has 0 aliphatic heterocycles. The summed E-state index contributed by atoms with van der Waals surface area (Å²) in [6.45, 7) is 2.55. The van der Waals surface area contributed by atoms with Crippen molar-refractivity contribution in [2.24, 2.45) is 5.92 Å². The van der Waals surface area contributed by atoms with E-state index in [-0.39, 0.29) is 11.8 Å². The van der Waals surface area contributed by atoms with Gasteiger partial charge in [-0.15, -0.1) is 0 Å². The highest BCUT2D eigenvalue weighted by Crippen LogP contribution is 2.25. The average molecular weight is 475 g/mol. The molecule has 3 rings (SSSR count). The Kier molecular flexibility index (Phi) is 9.15. The first-order valence-electron chi connectivity index (χ1n) is 11.2. The number of pyridine rings is 1. The number of hydrogen-bond donors (Lipinski definition) is 0. The SMILES string of the molecule is COCC(C)C(=O)N(Cc1ccc(-c2ccc(OC)nc2)cc1)c1cccc(/C=C/C(=O)OC)c1. The van der Waals surface area contributed by atoms with Crippen LogP contribution in [0.3, 0.4) is 0 Å². The van der Waals surface area contributed by atoms with E-state index >= 15 is 0 Å². The van der Waals surface area contributed by atoms with Crippen molar-refractivity contribution in [3.63, 3.8) is 0 Å². The Bertz CT molecular complexity index is 1160. The first-order valence-corrected chi connectivity index (χ1v) is 11.2. The quantitative estimate of drug-likeness (QED) is 0.311. The van der Waals surface area contributed by atoms with Gasteiger partial charge in [0.1, 0.15) is 0 Å². The van der Waals surface area contributed by atoms with Crippen molar-refractivity contribution >= 4 is 23.6 Å². The highest BCUT2D eigenvalue weighted by molar-refractivity contribution is 5.95. The van der Waals surface area contributed by atoms with Crippen molar-refractivity contribution in [3.8, 4) is 17.0 Å². The van der Waals surface area contributed by atoms with Crippen LogP contribution in [0.5, 0.6) is 5.88 Å². The zero-order chi connectivity index (χ0) is 25.2. The lowest BCUT2D eigenvalue weighted by Crippen LogP contribution is -2.36. The standard InChI is InChI=1S/C28H30N2O5/c1-20(19-33-2)28(32)30(25-7-5-6-21(16-25)10-15-27(31)35-4)18-22-8-11-23(12-9-22)24-13-14-26(34-3)29-17-24/h5-17,20H,18-19H2,1-4H3/b15-10+. The molecule has 1 amide bonds. The lowest BCUT2D eigenvalue weighted by Gasteiger charge is -2.26. The normalized spacial score (nSPS) is 11.8. The van der Waals surface area contributed by atoms with E-state index in [0.717, 1.165) is 27.9 Å². The molecule has 0 spiro atoms. The second-order valence-electron chi connectivity index (χ2n) is 8.02. The molecule has 2 aromatic carbocycles. The summed E-state index contributed by atoms with van der Waals surface area (Å²) in [5.74, 6) is -0.249. The molecule has 3 aromatic rings. The summed E-state index contributed by atoms with van der Waals surface area (Å²) in [5, 5.41) is 0. The van der Waals surface area contributed by atoms with Gasteiger partial charge in [-0.05, 0) is 41.0 Å². The topological polar surface area (TPSA) is 78.0 Å². The van der Waals surface area contributed by atoms with Gasteiger partial charge in [0.2, 0.25) is 11.8 Å². The van der Waals surface area contributed by atoms with E-state index in [9.17, 15) is 9.59 Å². The van der Waals surface area contributed by atoms with E-state index in [1.165, 1.54) is 13.2 Å². The minimum Gasteiger partial charge on any atom is -0.481 e. The molecule has 7 nitrogen and oxygen atoms in total. The number of ether oxygens (including phenoxy) is 3. The first kappa shape index (κ1) is 25.6. The predicted octanol–water partition coefficient (Wildman–Crippen LogP) is 4.76. The highest BCUT2D eigenvalue weighted by Gasteiger charge is 2.22. The zero-order valence-corrected chi connectivity index (χ0v) is 20.4. The average Bonchev–Trinajstić information content (AvgIpc) is 2.90. The van der Waals surface area contributed by atoms with Crippen LogP contribution in [0.15, 0.2) is 72.9 Å². The van der Waals surface area contributed by atoms with Crippen molar-refractivity contribution in [1.82, 2.24) is 4.98 Å². The first-order chi connectivity index (χ1) is 16.9. The van der Waals surface area contributed by atoms with Crippen LogP contribution in [-0.4, -0.2) is 44.8 Å². The van der Waals surface area contributed by atoms with Gasteiger partial charge in [-0.25, -0.2) is 9.78 Å². The Morgan fingerprint density at radius 3 is 2.37 bits per heavy atom. The summed E-state index contributed by atoms with van der Waals surface area (Å²) >= 11 is 0. The van der Waals surface area contributed by atoms with E-state index in [1.807, 2.05) is 67.6 Å². The maximum Gasteiger partial charge on any atom is 0.330 e. The van der Waals surface area contributed by atoms with Gasteiger partial charge < -0.3 is 19.1 Å². The maximum atomic E-state index is 13.3. The van der Waals surface area contributed by atoms with Gasteiger partial charge in [-0.3, -0.25) is 4.79 Å². The molecule has 0 aliphatic rings. The number of carbonyl (C=O) groups is 2. The number of hydrogen-bond acceptors (Lipinski definition) is 6. The van der Waals surface area contributed by atoms with Gasteiger partial charge in [-0.1, -0.05) is 43.3 Å². The van der Waals surface area contributed by atoms with Gasteiger partial charge in [-0.2, -0.15) is 0 Å². The second-order valence-corrected chi connectivity index (χ2v) is 8.02. The van der Waals surface area contributed by atoms with E-state index in [2.05, 4.69) is 9.72 Å². The molecule has 1 heterocycles. The Morgan fingerprint density at radius 2 is 1.74 bits per heavy atom. The van der Waals surface area contributed by atoms with Crippen LogP contribution in [0.1, 0.15) is 18.1 Å². The van der Waals surface area contributed by atoms with Gasteiger partial charge >= 0.3 is 5.97 Å². The van der Waals surface area contributed by atoms with Gasteiger partial charge in [0.05, 0.1) is 33.3 Å². The number of anilines is 1. The molecule has 0 fully saturated rings. The third-order valence-corrected chi connectivity index (χ3v) is 5.47. The van der Waals surface area contributed by atoms with Crippen LogP contribution in [0, 0.1) is 5.92 Å². The van der Waals surface area contributed by atoms with Crippen molar-refractivity contribution in [2.45, 2.75) is 13.5 Å². The molecular formula is C28H30N2O5. The van der Waals surface area contributed by atoms with Crippen molar-refractivity contribution in [3.05, 3.63) is 84.1 Å². The monoisotopic (exact) mass is 474 g/mol. The van der Waals surface area contributed by atoms with Gasteiger partial charge in [0.15, 0.2) is 0 Å². The van der Waals surface area contributed by atoms with Crippen molar-refractivity contribution in [1.29, 1.82) is 0 Å². The Hall–Kier alpha value is -3.97. The number of aromatic nitrogens is 1. The summed E-state index contributed by atoms with van der Waals surface area (Å²) < 4.78 is 15.0. The van der Waals surface area contributed by atoms with Crippen LogP contribution < -0.4 is 9.64 Å². The van der Waals surface area contributed by atoms with Crippen molar-refractivity contribution < 1.29 is 23.8 Å². The molecule has 0 N–H and O–H groups in total. The van der Waals surface area contributed by atoms with Crippen molar-refractivity contribution in [2.75, 3.05) is 32.8 Å². The van der Waals surface area contributed by atoms with E-state index in [0.29, 0.717) is 19.0 Å². The molecule has 0 aliphatic carbocycles. The molecule has 1 atom stereocenters. The van der Waals surface area contributed by atoms with E-state index < -0.39 is 5.97 Å².